The Morgan fingerprint density at radius 3 is 1.76 bits per heavy atom. The zero-order chi connectivity index (χ0) is 25.8. The van der Waals surface area contributed by atoms with Crippen LogP contribution in [0.2, 0.25) is 0 Å². The number of nitro benzene ring substituents is 1. The molecule has 0 amide bonds. The molecular formula is C33H22N2O3. The summed E-state index contributed by atoms with van der Waals surface area (Å²) in [5.41, 5.74) is 2.83. The summed E-state index contributed by atoms with van der Waals surface area (Å²) < 4.78 is 5.41. The summed E-state index contributed by atoms with van der Waals surface area (Å²) in [7, 11) is 1.65. The van der Waals surface area contributed by atoms with Gasteiger partial charge in [-0.05, 0) is 80.2 Å². The number of nitrogens with zero attached hydrogens (tertiary/aromatic N) is 2. The minimum absolute atomic E-state index is 0.0595. The fourth-order valence-electron chi connectivity index (χ4n) is 5.71. The summed E-state index contributed by atoms with van der Waals surface area (Å²) in [6, 6.07) is 38.4. The summed E-state index contributed by atoms with van der Waals surface area (Å²) in [5.74, 6) is 0.762. The molecule has 5 heteroatoms. The van der Waals surface area contributed by atoms with E-state index in [1.807, 2.05) is 36.4 Å². The molecule has 38 heavy (non-hydrogen) atoms. The minimum atomic E-state index is -0.370. The molecule has 0 N–H and O–H groups in total. The molecule has 5 nitrogen and oxygen atoms in total. The Bertz CT molecular complexity index is 1970. The van der Waals surface area contributed by atoms with Gasteiger partial charge in [0.05, 0.1) is 17.7 Å². The van der Waals surface area contributed by atoms with Gasteiger partial charge in [-0.1, -0.05) is 60.7 Å². The molecule has 0 aliphatic heterocycles. The van der Waals surface area contributed by atoms with Crippen molar-refractivity contribution in [2.24, 2.45) is 0 Å². The van der Waals surface area contributed by atoms with Gasteiger partial charge in [0.1, 0.15) is 5.75 Å². The van der Waals surface area contributed by atoms with E-state index in [-0.39, 0.29) is 10.6 Å². The molecule has 7 aromatic carbocycles. The second kappa shape index (κ2) is 8.46. The molecule has 0 unspecified atom stereocenters. The second-order valence-corrected chi connectivity index (χ2v) is 9.38. The standard InChI is InChI=1S/C33H22N2O3/c1-38-26-18-16-24(17-19-26)34(23-12-14-25(15-13-23)35(36)37)30-20-11-22-7-3-9-28-27-8-2-5-21-6-4-10-29(31(21)27)33(30)32(22)28/h2-20H,1H3. The number of ether oxygens (including phenoxy) is 1. The highest BCUT2D eigenvalue weighted by atomic mass is 16.6. The van der Waals surface area contributed by atoms with Crippen molar-refractivity contribution in [3.8, 4) is 5.75 Å². The first-order valence-electron chi connectivity index (χ1n) is 12.4. The van der Waals surface area contributed by atoms with Gasteiger partial charge in [-0.2, -0.15) is 0 Å². The van der Waals surface area contributed by atoms with Crippen molar-refractivity contribution in [2.75, 3.05) is 12.0 Å². The SMILES string of the molecule is COc1ccc(N(c2ccc([N+](=O)[O-])cc2)c2ccc3cccc4c5cccc6cccc(c2c34)c65)cc1. The van der Waals surface area contributed by atoms with E-state index in [0.29, 0.717) is 0 Å². The Hall–Kier alpha value is -5.16. The first-order valence-corrected chi connectivity index (χ1v) is 12.4. The van der Waals surface area contributed by atoms with Gasteiger partial charge in [0, 0.05) is 28.9 Å². The average molecular weight is 495 g/mol. The maximum atomic E-state index is 11.4. The number of rotatable bonds is 5. The number of methoxy groups -OCH3 is 1. The highest BCUT2D eigenvalue weighted by Crippen LogP contribution is 2.47. The van der Waals surface area contributed by atoms with Crippen molar-refractivity contribution in [1.82, 2.24) is 0 Å². The fourth-order valence-corrected chi connectivity index (χ4v) is 5.71. The number of non-ortho nitro benzene ring substituents is 1. The lowest BCUT2D eigenvalue weighted by Crippen LogP contribution is -2.11. The van der Waals surface area contributed by atoms with E-state index >= 15 is 0 Å². The van der Waals surface area contributed by atoms with Crippen LogP contribution in [0.15, 0.2) is 115 Å². The first kappa shape index (κ1) is 22.1. The van der Waals surface area contributed by atoms with Crippen LogP contribution in [0.25, 0.3) is 43.1 Å². The molecule has 0 fully saturated rings. The molecule has 0 aromatic heterocycles. The fraction of sp³-hybridized carbons (Fsp3) is 0.0303. The van der Waals surface area contributed by atoms with Crippen LogP contribution in [-0.2, 0) is 0 Å². The van der Waals surface area contributed by atoms with Crippen molar-refractivity contribution in [1.29, 1.82) is 0 Å². The van der Waals surface area contributed by atoms with Crippen LogP contribution in [0, 0.1) is 10.1 Å². The summed E-state index contributed by atoms with van der Waals surface area (Å²) in [5, 5.41) is 21.0. The second-order valence-electron chi connectivity index (χ2n) is 9.38. The van der Waals surface area contributed by atoms with E-state index < -0.39 is 0 Å². The highest BCUT2D eigenvalue weighted by molar-refractivity contribution is 6.35. The first-order chi connectivity index (χ1) is 18.6. The Balaban J connectivity index is 1.62. The lowest BCUT2D eigenvalue weighted by molar-refractivity contribution is -0.384. The van der Waals surface area contributed by atoms with Gasteiger partial charge in [-0.25, -0.2) is 0 Å². The van der Waals surface area contributed by atoms with Gasteiger partial charge < -0.3 is 9.64 Å². The van der Waals surface area contributed by atoms with Gasteiger partial charge in [0.15, 0.2) is 0 Å². The number of hydrogen-bond donors (Lipinski definition) is 0. The highest BCUT2D eigenvalue weighted by Gasteiger charge is 2.21. The third kappa shape index (κ3) is 3.26. The van der Waals surface area contributed by atoms with Crippen molar-refractivity contribution >= 4 is 65.8 Å². The molecule has 7 rings (SSSR count). The Morgan fingerprint density at radius 1 is 0.605 bits per heavy atom. The van der Waals surface area contributed by atoms with Gasteiger partial charge in [-0.15, -0.1) is 0 Å². The van der Waals surface area contributed by atoms with Crippen molar-refractivity contribution in [3.05, 3.63) is 125 Å². The monoisotopic (exact) mass is 494 g/mol. The zero-order valence-electron chi connectivity index (χ0n) is 20.6. The Morgan fingerprint density at radius 2 is 1.16 bits per heavy atom. The molecule has 0 bridgehead atoms. The summed E-state index contributed by atoms with van der Waals surface area (Å²) in [6.45, 7) is 0. The van der Waals surface area contributed by atoms with Crippen molar-refractivity contribution < 1.29 is 9.66 Å². The average Bonchev–Trinajstić information content (AvgIpc) is 2.97. The lowest BCUT2D eigenvalue weighted by Gasteiger charge is -2.28. The molecular weight excluding hydrogens is 472 g/mol. The van der Waals surface area contributed by atoms with Crippen molar-refractivity contribution in [3.63, 3.8) is 0 Å². The normalized spacial score (nSPS) is 11.5. The molecule has 0 saturated carbocycles. The number of fused-ring (bicyclic) bond motifs is 2. The van der Waals surface area contributed by atoms with E-state index in [4.69, 9.17) is 4.74 Å². The molecule has 0 aliphatic carbocycles. The van der Waals surface area contributed by atoms with Gasteiger partial charge in [0.2, 0.25) is 0 Å². The van der Waals surface area contributed by atoms with Gasteiger partial charge in [-0.3, -0.25) is 10.1 Å². The number of hydrogen-bond acceptors (Lipinski definition) is 4. The number of benzene rings is 7. The van der Waals surface area contributed by atoms with Gasteiger partial charge >= 0.3 is 0 Å². The van der Waals surface area contributed by atoms with Crippen LogP contribution in [-0.4, -0.2) is 12.0 Å². The maximum absolute atomic E-state index is 11.4. The van der Waals surface area contributed by atoms with Crippen LogP contribution < -0.4 is 9.64 Å². The topological polar surface area (TPSA) is 55.6 Å². The quantitative estimate of drug-likeness (QED) is 0.104. The van der Waals surface area contributed by atoms with E-state index in [2.05, 4.69) is 71.6 Å². The molecule has 182 valence electrons. The Labute approximate surface area is 218 Å². The third-order valence-electron chi connectivity index (χ3n) is 7.38. The summed E-state index contributed by atoms with van der Waals surface area (Å²) >= 11 is 0. The maximum Gasteiger partial charge on any atom is 0.269 e. The smallest absolute Gasteiger partial charge is 0.269 e. The summed E-state index contributed by atoms with van der Waals surface area (Å²) in [6.07, 6.45) is 0. The van der Waals surface area contributed by atoms with E-state index in [9.17, 15) is 10.1 Å². The van der Waals surface area contributed by atoms with Crippen molar-refractivity contribution in [2.45, 2.75) is 0 Å². The van der Waals surface area contributed by atoms with E-state index in [0.717, 1.165) is 28.2 Å². The third-order valence-corrected chi connectivity index (χ3v) is 7.38. The van der Waals surface area contributed by atoms with E-state index in [1.54, 1.807) is 19.2 Å². The number of anilines is 3. The van der Waals surface area contributed by atoms with Crippen LogP contribution in [0.1, 0.15) is 0 Å². The lowest BCUT2D eigenvalue weighted by atomic mass is 9.88. The molecule has 0 heterocycles. The summed E-state index contributed by atoms with van der Waals surface area (Å²) in [4.78, 5) is 13.2. The number of nitro groups is 1. The molecule has 0 aliphatic rings. The molecule has 7 aromatic rings. The zero-order valence-corrected chi connectivity index (χ0v) is 20.6. The minimum Gasteiger partial charge on any atom is -0.497 e. The van der Waals surface area contributed by atoms with Crippen LogP contribution in [0.4, 0.5) is 22.7 Å². The molecule has 0 spiro atoms. The van der Waals surface area contributed by atoms with E-state index in [1.165, 1.54) is 37.7 Å². The molecule has 0 atom stereocenters. The van der Waals surface area contributed by atoms with Crippen LogP contribution >= 0.6 is 0 Å². The predicted molar refractivity (Wildman–Crippen MR) is 156 cm³/mol. The molecule has 0 radical (unpaired) electrons. The largest absolute Gasteiger partial charge is 0.497 e. The molecule has 0 saturated heterocycles. The predicted octanol–water partition coefficient (Wildman–Crippen LogP) is 9.12. The Kier molecular flexibility index (Phi) is 4.91. The van der Waals surface area contributed by atoms with Crippen LogP contribution in [0.3, 0.4) is 0 Å². The van der Waals surface area contributed by atoms with Gasteiger partial charge in [0.25, 0.3) is 5.69 Å². The van der Waals surface area contributed by atoms with Crippen LogP contribution in [0.5, 0.6) is 5.75 Å².